The highest BCUT2D eigenvalue weighted by Gasteiger charge is 2.19. The summed E-state index contributed by atoms with van der Waals surface area (Å²) in [7, 11) is 0. The van der Waals surface area contributed by atoms with Crippen molar-refractivity contribution in [2.24, 2.45) is 0 Å². The number of piperazine rings is 1. The average molecular weight is 250 g/mol. The average Bonchev–Trinajstić information content (AvgIpc) is 2.31. The summed E-state index contributed by atoms with van der Waals surface area (Å²) in [5, 5.41) is 3.35. The molecule has 1 N–H and O–H groups in total. The van der Waals surface area contributed by atoms with E-state index in [9.17, 15) is 4.39 Å². The lowest BCUT2D eigenvalue weighted by Gasteiger charge is -2.28. The monoisotopic (exact) mass is 250 g/mol. The van der Waals surface area contributed by atoms with Crippen LogP contribution in [0.1, 0.15) is 25.0 Å². The molecule has 1 aliphatic heterocycles. The Morgan fingerprint density at radius 3 is 2.39 bits per heavy atom. The van der Waals surface area contributed by atoms with E-state index < -0.39 is 5.67 Å². The van der Waals surface area contributed by atoms with Crippen LogP contribution >= 0.6 is 0 Å². The van der Waals surface area contributed by atoms with E-state index in [0.29, 0.717) is 6.42 Å². The molecule has 0 amide bonds. The Labute approximate surface area is 109 Å². The molecule has 100 valence electrons. The number of hydrogen-bond donors (Lipinski definition) is 1. The second-order valence-corrected chi connectivity index (χ2v) is 5.69. The molecule has 0 spiro atoms. The smallest absolute Gasteiger partial charge is 0.109 e. The highest BCUT2D eigenvalue weighted by atomic mass is 19.1. The second kappa shape index (κ2) is 5.81. The highest BCUT2D eigenvalue weighted by Crippen LogP contribution is 2.21. The van der Waals surface area contributed by atoms with E-state index in [1.165, 1.54) is 5.56 Å². The number of rotatable bonds is 4. The molecule has 18 heavy (non-hydrogen) atoms. The quantitative estimate of drug-likeness (QED) is 0.882. The molecule has 1 aromatic carbocycles. The van der Waals surface area contributed by atoms with Crippen molar-refractivity contribution in [1.29, 1.82) is 0 Å². The topological polar surface area (TPSA) is 15.3 Å². The molecule has 1 heterocycles. The molecule has 2 rings (SSSR count). The largest absolute Gasteiger partial charge is 0.314 e. The molecule has 0 bridgehead atoms. The minimum absolute atomic E-state index is 0.495. The molecule has 1 fully saturated rings. The Morgan fingerprint density at radius 2 is 1.78 bits per heavy atom. The number of halogens is 1. The van der Waals surface area contributed by atoms with E-state index in [4.69, 9.17) is 0 Å². The van der Waals surface area contributed by atoms with Gasteiger partial charge < -0.3 is 5.32 Å². The van der Waals surface area contributed by atoms with E-state index in [-0.39, 0.29) is 0 Å². The highest BCUT2D eigenvalue weighted by molar-refractivity contribution is 5.28. The van der Waals surface area contributed by atoms with Crippen molar-refractivity contribution in [3.05, 3.63) is 35.4 Å². The van der Waals surface area contributed by atoms with Crippen LogP contribution in [-0.2, 0) is 13.0 Å². The molecule has 3 heteroatoms. The lowest BCUT2D eigenvalue weighted by atomic mass is 9.95. The van der Waals surface area contributed by atoms with E-state index >= 15 is 0 Å². The zero-order chi connectivity index (χ0) is 13.0. The van der Waals surface area contributed by atoms with Crippen molar-refractivity contribution >= 4 is 0 Å². The van der Waals surface area contributed by atoms with Gasteiger partial charge in [-0.05, 0) is 25.0 Å². The molecule has 2 nitrogen and oxygen atoms in total. The molecule has 0 radical (unpaired) electrons. The maximum atomic E-state index is 13.8. The van der Waals surface area contributed by atoms with Crippen molar-refractivity contribution in [1.82, 2.24) is 10.2 Å². The predicted molar refractivity (Wildman–Crippen MR) is 73.5 cm³/mol. The van der Waals surface area contributed by atoms with Gasteiger partial charge in [-0.25, -0.2) is 4.39 Å². The van der Waals surface area contributed by atoms with Gasteiger partial charge in [0.05, 0.1) is 0 Å². The lowest BCUT2D eigenvalue weighted by molar-refractivity contribution is 0.212. The first-order valence-corrected chi connectivity index (χ1v) is 6.73. The summed E-state index contributed by atoms with van der Waals surface area (Å²) in [6.45, 7) is 8.49. The summed E-state index contributed by atoms with van der Waals surface area (Å²) in [6.07, 6.45) is 0.495. The first-order chi connectivity index (χ1) is 8.54. The molecule has 0 aliphatic carbocycles. The molecular formula is C15H23FN2. The molecule has 0 atom stereocenters. The van der Waals surface area contributed by atoms with E-state index in [2.05, 4.69) is 22.3 Å². The van der Waals surface area contributed by atoms with Crippen molar-refractivity contribution in [3.63, 3.8) is 0 Å². The summed E-state index contributed by atoms with van der Waals surface area (Å²) < 4.78 is 13.8. The molecule has 1 aromatic rings. The van der Waals surface area contributed by atoms with Crippen molar-refractivity contribution in [2.45, 2.75) is 32.5 Å². The Balaban J connectivity index is 2.06. The van der Waals surface area contributed by atoms with Gasteiger partial charge in [-0.3, -0.25) is 4.90 Å². The number of nitrogens with zero attached hydrogens (tertiary/aromatic N) is 1. The third-order valence-electron chi connectivity index (χ3n) is 3.33. The summed E-state index contributed by atoms with van der Waals surface area (Å²) in [5.41, 5.74) is 1.27. The van der Waals surface area contributed by atoms with Crippen LogP contribution in [0, 0.1) is 0 Å². The minimum Gasteiger partial charge on any atom is -0.314 e. The number of hydrogen-bond acceptors (Lipinski definition) is 2. The van der Waals surface area contributed by atoms with Crippen LogP contribution in [-0.4, -0.2) is 36.7 Å². The van der Waals surface area contributed by atoms with E-state index in [1.54, 1.807) is 13.8 Å². The third-order valence-corrected chi connectivity index (χ3v) is 3.33. The molecule has 0 unspecified atom stereocenters. The Hall–Kier alpha value is -0.930. The lowest BCUT2D eigenvalue weighted by Crippen LogP contribution is -2.43. The number of nitrogens with one attached hydrogen (secondary N) is 1. The zero-order valence-electron chi connectivity index (χ0n) is 11.4. The Kier molecular flexibility index (Phi) is 4.36. The van der Waals surface area contributed by atoms with Gasteiger partial charge in [0.15, 0.2) is 0 Å². The Bertz CT molecular complexity index is 378. The SMILES string of the molecule is CC(C)(F)Cc1ccccc1CN1CCNCC1. The van der Waals surface area contributed by atoms with Gasteiger partial charge in [-0.1, -0.05) is 24.3 Å². The maximum Gasteiger partial charge on any atom is 0.109 e. The van der Waals surface area contributed by atoms with Crippen LogP contribution in [0.5, 0.6) is 0 Å². The van der Waals surface area contributed by atoms with Crippen LogP contribution in [0.15, 0.2) is 24.3 Å². The van der Waals surface area contributed by atoms with Crippen molar-refractivity contribution < 1.29 is 4.39 Å². The van der Waals surface area contributed by atoms with Crippen LogP contribution in [0.3, 0.4) is 0 Å². The van der Waals surface area contributed by atoms with Crippen molar-refractivity contribution in [2.75, 3.05) is 26.2 Å². The predicted octanol–water partition coefficient (Wildman–Crippen LogP) is 2.38. The first kappa shape index (κ1) is 13.5. The first-order valence-electron chi connectivity index (χ1n) is 6.73. The van der Waals surface area contributed by atoms with Crippen LogP contribution < -0.4 is 5.32 Å². The van der Waals surface area contributed by atoms with Crippen molar-refractivity contribution in [3.8, 4) is 0 Å². The fraction of sp³-hybridized carbons (Fsp3) is 0.600. The second-order valence-electron chi connectivity index (χ2n) is 5.69. The zero-order valence-corrected chi connectivity index (χ0v) is 11.4. The van der Waals surface area contributed by atoms with Gasteiger partial charge in [-0.15, -0.1) is 0 Å². The van der Waals surface area contributed by atoms with Gasteiger partial charge in [0.2, 0.25) is 0 Å². The summed E-state index contributed by atoms with van der Waals surface area (Å²) in [5.74, 6) is 0. The Morgan fingerprint density at radius 1 is 1.17 bits per heavy atom. The standard InChI is InChI=1S/C15H23FN2/c1-15(2,16)11-13-5-3-4-6-14(13)12-18-9-7-17-8-10-18/h3-6,17H,7-12H2,1-2H3. The van der Waals surface area contributed by atoms with E-state index in [0.717, 1.165) is 38.3 Å². The van der Waals surface area contributed by atoms with Crippen LogP contribution in [0.2, 0.25) is 0 Å². The van der Waals surface area contributed by atoms with Gasteiger partial charge in [0.25, 0.3) is 0 Å². The number of alkyl halides is 1. The fourth-order valence-corrected chi connectivity index (χ4v) is 2.45. The normalized spacial score (nSPS) is 17.9. The van der Waals surface area contributed by atoms with Crippen LogP contribution in [0.4, 0.5) is 4.39 Å². The molecular weight excluding hydrogens is 227 g/mol. The molecule has 0 saturated carbocycles. The maximum absolute atomic E-state index is 13.8. The minimum atomic E-state index is -1.14. The summed E-state index contributed by atoms with van der Waals surface area (Å²) in [4.78, 5) is 2.43. The van der Waals surface area contributed by atoms with Crippen LogP contribution in [0.25, 0.3) is 0 Å². The van der Waals surface area contributed by atoms with Gasteiger partial charge in [0, 0.05) is 39.1 Å². The number of benzene rings is 1. The van der Waals surface area contributed by atoms with E-state index in [1.807, 2.05) is 12.1 Å². The molecule has 1 saturated heterocycles. The van der Waals surface area contributed by atoms with Gasteiger partial charge in [0.1, 0.15) is 5.67 Å². The summed E-state index contributed by atoms with van der Waals surface area (Å²) >= 11 is 0. The van der Waals surface area contributed by atoms with Gasteiger partial charge >= 0.3 is 0 Å². The van der Waals surface area contributed by atoms with Gasteiger partial charge in [-0.2, -0.15) is 0 Å². The summed E-state index contributed by atoms with van der Waals surface area (Å²) in [6, 6.07) is 8.23. The third kappa shape index (κ3) is 4.07. The molecule has 1 aliphatic rings. The fourth-order valence-electron chi connectivity index (χ4n) is 2.45. The molecule has 0 aromatic heterocycles.